The van der Waals surface area contributed by atoms with E-state index in [0.717, 1.165) is 56.6 Å². The number of anilines is 1. The second-order valence-corrected chi connectivity index (χ2v) is 12.2. The maximum Gasteiger partial charge on any atom is 0.237 e. The van der Waals surface area contributed by atoms with E-state index in [1.165, 1.54) is 16.7 Å². The summed E-state index contributed by atoms with van der Waals surface area (Å²) >= 11 is 0. The Morgan fingerprint density at radius 3 is 2.74 bits per heavy atom. The van der Waals surface area contributed by atoms with Crippen molar-refractivity contribution in [1.29, 1.82) is 0 Å². The Balaban J connectivity index is 1.70. The van der Waals surface area contributed by atoms with E-state index in [-0.39, 0.29) is 18.4 Å². The molecular formula is C32H44N2O4S. The number of aliphatic hydroxyl groups is 1. The predicted octanol–water partition coefficient (Wildman–Crippen LogP) is 5.83. The third-order valence-electron chi connectivity index (χ3n) is 8.11. The summed E-state index contributed by atoms with van der Waals surface area (Å²) in [5.41, 5.74) is 4.95. The van der Waals surface area contributed by atoms with Gasteiger partial charge in [0.25, 0.3) is 0 Å². The quantitative estimate of drug-likeness (QED) is 0.456. The minimum atomic E-state index is -1.72. The molecule has 2 N–H and O–H groups in total. The average molecular weight is 553 g/mol. The van der Waals surface area contributed by atoms with Crippen molar-refractivity contribution in [1.82, 2.24) is 4.72 Å². The first-order chi connectivity index (χ1) is 18.9. The standard InChI is InChI=1S/C32H44N2O4S/c1-4-9-25-18-23(3)12-14-29(25)27-20-34-17-16-24(5-2)10-7-6-8-11-26(21-35)32(36)33-39(37)28-13-15-31(38-22-27)30(34)19-28/h6-7,12-15,18-19,24,26-27,35H,4-5,8-11,16-17,20-22H2,1-3H3,(H,33,36)/b7-6+. The number of hydrogen-bond acceptors (Lipinski definition) is 5. The number of aliphatic hydroxyl groups excluding tert-OH is 1. The number of carbonyl (C=O) groups is 1. The second kappa shape index (κ2) is 14.1. The first kappa shape index (κ1) is 29.3. The number of rotatable bonds is 5. The Bertz CT molecular complexity index is 1180. The van der Waals surface area contributed by atoms with Gasteiger partial charge in [0.05, 0.1) is 29.7 Å². The molecule has 0 saturated carbocycles. The van der Waals surface area contributed by atoms with Gasteiger partial charge in [-0.05, 0) is 74.3 Å². The average Bonchev–Trinajstić information content (AvgIpc) is 3.11. The van der Waals surface area contributed by atoms with Crippen LogP contribution < -0.4 is 14.4 Å². The molecule has 39 heavy (non-hydrogen) atoms. The largest absolute Gasteiger partial charge is 0.491 e. The lowest BCUT2D eigenvalue weighted by atomic mass is 9.90. The van der Waals surface area contributed by atoms with E-state index in [4.69, 9.17) is 4.74 Å². The molecule has 2 heterocycles. The minimum absolute atomic E-state index is 0.212. The monoisotopic (exact) mass is 552 g/mol. The molecule has 2 aliphatic heterocycles. The summed E-state index contributed by atoms with van der Waals surface area (Å²) in [4.78, 5) is 15.7. The molecule has 212 valence electrons. The van der Waals surface area contributed by atoms with Gasteiger partial charge in [-0.1, -0.05) is 62.6 Å². The van der Waals surface area contributed by atoms with E-state index in [1.54, 1.807) is 6.07 Å². The fourth-order valence-corrected chi connectivity index (χ4v) is 6.56. The molecule has 4 atom stereocenters. The summed E-state index contributed by atoms with van der Waals surface area (Å²) in [6.07, 6.45) is 10.8. The molecule has 0 fully saturated rings. The lowest BCUT2D eigenvalue weighted by Crippen LogP contribution is -2.34. The molecule has 2 aromatic rings. The molecule has 2 aromatic carbocycles. The highest BCUT2D eigenvalue weighted by molar-refractivity contribution is 7.83. The number of aryl methyl sites for hydroxylation is 2. The van der Waals surface area contributed by atoms with Gasteiger partial charge in [0.1, 0.15) is 5.75 Å². The van der Waals surface area contributed by atoms with Gasteiger partial charge in [-0.25, -0.2) is 4.21 Å². The highest BCUT2D eigenvalue weighted by Crippen LogP contribution is 2.37. The van der Waals surface area contributed by atoms with Crippen LogP contribution in [0.3, 0.4) is 0 Å². The molecule has 7 heteroatoms. The SMILES string of the molecule is CCCc1cc(C)ccc1C1COc2ccc3cc2N(CCC(CC)C/C=C/CCC(CO)C(=O)NS3=O)C1. The molecule has 4 rings (SSSR count). The van der Waals surface area contributed by atoms with Crippen molar-refractivity contribution in [2.75, 3.05) is 31.2 Å². The highest BCUT2D eigenvalue weighted by atomic mass is 32.2. The Morgan fingerprint density at radius 1 is 1.13 bits per heavy atom. The predicted molar refractivity (Wildman–Crippen MR) is 159 cm³/mol. The van der Waals surface area contributed by atoms with Crippen LogP contribution in [0.15, 0.2) is 53.4 Å². The van der Waals surface area contributed by atoms with Crippen molar-refractivity contribution in [2.24, 2.45) is 11.8 Å². The van der Waals surface area contributed by atoms with Crippen molar-refractivity contribution in [3.05, 3.63) is 65.2 Å². The maximum atomic E-state index is 13.2. The van der Waals surface area contributed by atoms with Gasteiger partial charge >= 0.3 is 0 Å². The first-order valence-electron chi connectivity index (χ1n) is 14.5. The number of allylic oxidation sites excluding steroid dienone is 2. The van der Waals surface area contributed by atoms with E-state index in [1.807, 2.05) is 12.1 Å². The zero-order valence-corrected chi connectivity index (χ0v) is 24.5. The van der Waals surface area contributed by atoms with Crippen molar-refractivity contribution in [3.63, 3.8) is 0 Å². The summed E-state index contributed by atoms with van der Waals surface area (Å²) in [7, 11) is -1.72. The van der Waals surface area contributed by atoms with Crippen LogP contribution in [0.5, 0.6) is 5.75 Å². The number of fused-ring (bicyclic) bond motifs is 1. The van der Waals surface area contributed by atoms with Crippen molar-refractivity contribution in [3.8, 4) is 5.75 Å². The summed E-state index contributed by atoms with van der Waals surface area (Å²) in [6, 6.07) is 12.4. The summed E-state index contributed by atoms with van der Waals surface area (Å²) in [5.74, 6) is 0.583. The highest BCUT2D eigenvalue weighted by Gasteiger charge is 2.28. The molecule has 2 aliphatic rings. The zero-order valence-electron chi connectivity index (χ0n) is 23.7. The van der Waals surface area contributed by atoms with Crippen molar-refractivity contribution >= 4 is 22.6 Å². The number of nitrogens with zero attached hydrogens (tertiary/aromatic N) is 1. The van der Waals surface area contributed by atoms with Crippen LogP contribution in [-0.4, -0.2) is 41.5 Å². The van der Waals surface area contributed by atoms with Gasteiger partial charge in [-0.2, -0.15) is 0 Å². The van der Waals surface area contributed by atoms with Crippen LogP contribution in [0.2, 0.25) is 0 Å². The van der Waals surface area contributed by atoms with Crippen molar-refractivity contribution in [2.45, 2.75) is 76.5 Å². The number of hydrogen-bond donors (Lipinski definition) is 2. The van der Waals surface area contributed by atoms with Crippen LogP contribution in [-0.2, 0) is 22.2 Å². The Hall–Kier alpha value is -2.64. The first-order valence-corrected chi connectivity index (χ1v) is 15.7. The fraction of sp³-hybridized carbons (Fsp3) is 0.531. The Labute approximate surface area is 236 Å². The number of amides is 1. The fourth-order valence-electron chi connectivity index (χ4n) is 5.68. The number of nitrogens with one attached hydrogen (secondary N) is 1. The third kappa shape index (κ3) is 7.52. The van der Waals surface area contributed by atoms with Gasteiger partial charge in [0.15, 0.2) is 11.0 Å². The van der Waals surface area contributed by atoms with Gasteiger partial charge in [0.2, 0.25) is 5.91 Å². The van der Waals surface area contributed by atoms with Gasteiger partial charge in [-0.15, -0.1) is 0 Å². The smallest absolute Gasteiger partial charge is 0.237 e. The molecule has 6 nitrogen and oxygen atoms in total. The molecule has 4 unspecified atom stereocenters. The molecule has 0 aliphatic carbocycles. The van der Waals surface area contributed by atoms with Crippen LogP contribution in [0.25, 0.3) is 0 Å². The number of ether oxygens (including phenoxy) is 1. The Morgan fingerprint density at radius 2 is 1.97 bits per heavy atom. The van der Waals surface area contributed by atoms with Gasteiger partial charge in [0, 0.05) is 19.0 Å². The van der Waals surface area contributed by atoms with Crippen LogP contribution in [0.4, 0.5) is 5.69 Å². The van der Waals surface area contributed by atoms with Gasteiger partial charge < -0.3 is 14.7 Å². The van der Waals surface area contributed by atoms with Gasteiger partial charge in [-0.3, -0.25) is 9.52 Å². The van der Waals surface area contributed by atoms with Crippen molar-refractivity contribution < 1.29 is 18.8 Å². The molecule has 0 spiro atoms. The van der Waals surface area contributed by atoms with E-state index < -0.39 is 16.9 Å². The molecule has 2 bridgehead atoms. The topological polar surface area (TPSA) is 78.9 Å². The second-order valence-electron chi connectivity index (χ2n) is 11.0. The number of carbonyl (C=O) groups excluding carboxylic acids is 1. The summed E-state index contributed by atoms with van der Waals surface area (Å²) in [6.45, 7) is 8.63. The van der Waals surface area contributed by atoms with Crippen LogP contribution >= 0.6 is 0 Å². The number of benzene rings is 2. The lowest BCUT2D eigenvalue weighted by Gasteiger charge is -2.29. The Kier molecular flexibility index (Phi) is 10.6. The minimum Gasteiger partial charge on any atom is -0.491 e. The van der Waals surface area contributed by atoms with Crippen LogP contribution in [0, 0.1) is 18.8 Å². The molecule has 1 amide bonds. The summed E-state index contributed by atoms with van der Waals surface area (Å²) in [5, 5.41) is 9.78. The van der Waals surface area contributed by atoms with E-state index in [0.29, 0.717) is 30.3 Å². The third-order valence-corrected chi connectivity index (χ3v) is 9.18. The molecule has 0 radical (unpaired) electrons. The maximum absolute atomic E-state index is 13.2. The van der Waals surface area contributed by atoms with E-state index in [2.05, 4.69) is 60.7 Å². The lowest BCUT2D eigenvalue weighted by molar-refractivity contribution is -0.124. The molecule has 0 aromatic heterocycles. The summed E-state index contributed by atoms with van der Waals surface area (Å²) < 4.78 is 22.3. The molecular weight excluding hydrogens is 508 g/mol. The van der Waals surface area contributed by atoms with E-state index >= 15 is 0 Å². The molecule has 0 saturated heterocycles. The normalized spacial score (nSPS) is 25.3. The van der Waals surface area contributed by atoms with E-state index in [9.17, 15) is 14.1 Å². The van der Waals surface area contributed by atoms with Crippen LogP contribution in [0.1, 0.15) is 75.0 Å². The zero-order chi connectivity index (χ0) is 27.8.